The molecule has 3 aromatic carbocycles. The number of benzene rings is 3. The summed E-state index contributed by atoms with van der Waals surface area (Å²) in [7, 11) is 3.23. The van der Waals surface area contributed by atoms with Gasteiger partial charge in [-0.25, -0.2) is 0 Å². The monoisotopic (exact) mass is 442 g/mol. The van der Waals surface area contributed by atoms with Crippen LogP contribution in [0.5, 0.6) is 5.75 Å². The number of fused-ring (bicyclic) bond motifs is 1. The number of benzodiazepines with no additional fused rings is 1. The molecule has 0 unspecified atom stereocenters. The Kier molecular flexibility index (Phi) is 5.66. The van der Waals surface area contributed by atoms with Crippen molar-refractivity contribution in [1.82, 2.24) is 0 Å². The summed E-state index contributed by atoms with van der Waals surface area (Å²) in [6.07, 6.45) is 0. The van der Waals surface area contributed by atoms with Crippen molar-refractivity contribution in [3.8, 4) is 16.9 Å². The van der Waals surface area contributed by atoms with Crippen molar-refractivity contribution in [3.05, 3.63) is 82.9 Å². The minimum atomic E-state index is -0.551. The van der Waals surface area contributed by atoms with Crippen LogP contribution in [0.1, 0.15) is 31.8 Å². The Morgan fingerprint density at radius 2 is 1.61 bits per heavy atom. The van der Waals surface area contributed by atoms with E-state index in [9.17, 15) is 14.4 Å². The molecule has 1 aliphatic rings. The molecule has 33 heavy (non-hydrogen) atoms. The first-order valence-corrected chi connectivity index (χ1v) is 10.1. The molecule has 1 heterocycles. The summed E-state index contributed by atoms with van der Waals surface area (Å²) < 4.78 is 5.63. The van der Waals surface area contributed by atoms with Crippen molar-refractivity contribution in [1.29, 1.82) is 0 Å². The van der Waals surface area contributed by atoms with E-state index in [1.165, 1.54) is 4.90 Å². The van der Waals surface area contributed by atoms with Crippen molar-refractivity contribution < 1.29 is 19.1 Å². The second-order valence-corrected chi connectivity index (χ2v) is 7.57. The van der Waals surface area contributed by atoms with Gasteiger partial charge in [0.25, 0.3) is 0 Å². The number of aliphatic imine (C=N–C) groups is 1. The van der Waals surface area contributed by atoms with Crippen molar-refractivity contribution in [2.45, 2.75) is 0 Å². The molecule has 0 aromatic heterocycles. The fraction of sp³-hybridized carbons (Fsp3) is 0.120. The van der Waals surface area contributed by atoms with Crippen LogP contribution in [0.3, 0.4) is 0 Å². The number of hydrogen-bond donors (Lipinski definition) is 2. The number of anilines is 1. The Morgan fingerprint density at radius 3 is 2.24 bits per heavy atom. The molecule has 8 heteroatoms. The predicted molar refractivity (Wildman–Crippen MR) is 126 cm³/mol. The fourth-order valence-corrected chi connectivity index (χ4v) is 3.78. The molecule has 4 N–H and O–H groups in total. The summed E-state index contributed by atoms with van der Waals surface area (Å²) in [4.78, 5) is 41.9. The van der Waals surface area contributed by atoms with Crippen LogP contribution in [0, 0.1) is 0 Å². The third kappa shape index (κ3) is 4.06. The van der Waals surface area contributed by atoms with Gasteiger partial charge >= 0.3 is 0 Å². The number of carbonyl (C=O) groups is 3. The second-order valence-electron chi connectivity index (χ2n) is 7.57. The molecule has 0 bridgehead atoms. The summed E-state index contributed by atoms with van der Waals surface area (Å²) in [6.45, 7) is -0.0493. The Hall–Kier alpha value is -4.46. The van der Waals surface area contributed by atoms with Crippen LogP contribution in [0.4, 0.5) is 5.69 Å². The van der Waals surface area contributed by atoms with Crippen LogP contribution in [0.15, 0.2) is 65.7 Å². The maximum Gasteiger partial charge on any atom is 0.248 e. The Labute approximate surface area is 190 Å². The highest BCUT2D eigenvalue weighted by Gasteiger charge is 2.25. The quantitative estimate of drug-likeness (QED) is 0.629. The van der Waals surface area contributed by atoms with E-state index in [-0.39, 0.29) is 12.5 Å². The van der Waals surface area contributed by atoms with E-state index in [2.05, 4.69) is 4.99 Å². The molecule has 0 aliphatic carbocycles. The Balaban J connectivity index is 1.94. The number of methoxy groups -OCH3 is 1. The van der Waals surface area contributed by atoms with Crippen LogP contribution < -0.4 is 21.1 Å². The van der Waals surface area contributed by atoms with Gasteiger partial charge in [0.05, 0.1) is 18.5 Å². The van der Waals surface area contributed by atoms with E-state index in [0.717, 1.165) is 11.1 Å². The average molecular weight is 442 g/mol. The number of rotatable bonds is 5. The summed E-state index contributed by atoms with van der Waals surface area (Å²) >= 11 is 0. The van der Waals surface area contributed by atoms with Crippen molar-refractivity contribution in [2.24, 2.45) is 16.5 Å². The second kappa shape index (κ2) is 8.58. The molecular formula is C25H22N4O4. The third-order valence-corrected chi connectivity index (χ3v) is 5.58. The predicted octanol–water partition coefficient (Wildman–Crippen LogP) is 2.37. The molecule has 0 saturated heterocycles. The van der Waals surface area contributed by atoms with Crippen molar-refractivity contribution in [2.75, 3.05) is 25.6 Å². The molecule has 0 radical (unpaired) electrons. The minimum Gasteiger partial charge on any atom is -0.496 e. The molecule has 1 aliphatic heterocycles. The number of ether oxygens (including phenoxy) is 1. The first-order chi connectivity index (χ1) is 15.8. The summed E-state index contributed by atoms with van der Waals surface area (Å²) in [5.74, 6) is -0.700. The maximum atomic E-state index is 12.6. The molecular weight excluding hydrogens is 420 g/mol. The van der Waals surface area contributed by atoms with Crippen LogP contribution in [-0.4, -0.2) is 44.1 Å². The van der Waals surface area contributed by atoms with E-state index >= 15 is 0 Å². The number of primary amides is 2. The zero-order chi connectivity index (χ0) is 23.7. The van der Waals surface area contributed by atoms with Gasteiger partial charge in [-0.2, -0.15) is 0 Å². The van der Waals surface area contributed by atoms with E-state index < -0.39 is 11.8 Å². The maximum absolute atomic E-state index is 12.6. The molecule has 3 aromatic rings. The van der Waals surface area contributed by atoms with Gasteiger partial charge < -0.3 is 21.1 Å². The highest BCUT2D eigenvalue weighted by atomic mass is 16.5. The molecule has 0 atom stereocenters. The topological polar surface area (TPSA) is 128 Å². The number of amides is 3. The molecule has 3 amide bonds. The van der Waals surface area contributed by atoms with Gasteiger partial charge in [-0.05, 0) is 35.9 Å². The first kappa shape index (κ1) is 21.8. The third-order valence-electron chi connectivity index (χ3n) is 5.58. The van der Waals surface area contributed by atoms with Gasteiger partial charge in [0.1, 0.15) is 12.3 Å². The van der Waals surface area contributed by atoms with Gasteiger partial charge in [0.2, 0.25) is 17.7 Å². The zero-order valence-corrected chi connectivity index (χ0v) is 18.2. The summed E-state index contributed by atoms with van der Waals surface area (Å²) in [6, 6.07) is 17.3. The van der Waals surface area contributed by atoms with Gasteiger partial charge in [0, 0.05) is 40.9 Å². The fourth-order valence-electron chi connectivity index (χ4n) is 3.78. The van der Waals surface area contributed by atoms with E-state index in [4.69, 9.17) is 16.2 Å². The lowest BCUT2D eigenvalue weighted by atomic mass is 9.93. The summed E-state index contributed by atoms with van der Waals surface area (Å²) in [5.41, 5.74) is 15.6. The van der Waals surface area contributed by atoms with Gasteiger partial charge in [-0.3, -0.25) is 19.4 Å². The van der Waals surface area contributed by atoms with Crippen molar-refractivity contribution in [3.63, 3.8) is 0 Å². The standard InChI is InChI=1S/C25H22N4O4/c1-29-20-12-21(33-2)18(14-6-8-15(9-7-14)24(26)31)11-19(20)23(28-13-22(29)30)16-4-3-5-17(10-16)25(27)32/h3-12H,13H2,1-2H3,(H2,26,31)(H2,27,32). The van der Waals surface area contributed by atoms with E-state index in [1.807, 2.05) is 12.1 Å². The van der Waals surface area contributed by atoms with Gasteiger partial charge in [0.15, 0.2) is 0 Å². The SMILES string of the molecule is COc1cc2c(cc1-c1ccc(C(N)=O)cc1)C(c1cccc(C(N)=O)c1)=NCC(=O)N2C. The molecule has 166 valence electrons. The summed E-state index contributed by atoms with van der Waals surface area (Å²) in [5, 5.41) is 0. The first-order valence-electron chi connectivity index (χ1n) is 10.1. The van der Waals surface area contributed by atoms with Gasteiger partial charge in [-0.1, -0.05) is 24.3 Å². The lowest BCUT2D eigenvalue weighted by Crippen LogP contribution is -2.27. The molecule has 8 nitrogen and oxygen atoms in total. The number of carbonyl (C=O) groups excluding carboxylic acids is 3. The molecule has 0 saturated carbocycles. The Morgan fingerprint density at radius 1 is 0.909 bits per heavy atom. The lowest BCUT2D eigenvalue weighted by molar-refractivity contribution is -0.116. The molecule has 4 rings (SSSR count). The number of likely N-dealkylation sites (N-methyl/N-ethyl adjacent to an activating group) is 1. The van der Waals surface area contributed by atoms with Crippen LogP contribution in [0.2, 0.25) is 0 Å². The molecule has 0 fully saturated rings. The number of hydrogen-bond acceptors (Lipinski definition) is 5. The largest absolute Gasteiger partial charge is 0.496 e. The van der Waals surface area contributed by atoms with Crippen LogP contribution in [-0.2, 0) is 4.79 Å². The van der Waals surface area contributed by atoms with E-state index in [0.29, 0.717) is 39.4 Å². The minimum absolute atomic E-state index is 0.0493. The van der Waals surface area contributed by atoms with Gasteiger partial charge in [-0.15, -0.1) is 0 Å². The van der Waals surface area contributed by atoms with E-state index in [1.54, 1.807) is 62.7 Å². The van der Waals surface area contributed by atoms with Crippen LogP contribution in [0.25, 0.3) is 11.1 Å². The highest BCUT2D eigenvalue weighted by molar-refractivity contribution is 6.20. The number of nitrogens with zero attached hydrogens (tertiary/aromatic N) is 2. The Bertz CT molecular complexity index is 1310. The molecule has 0 spiro atoms. The van der Waals surface area contributed by atoms with Crippen molar-refractivity contribution >= 4 is 29.1 Å². The average Bonchev–Trinajstić information content (AvgIpc) is 2.94. The smallest absolute Gasteiger partial charge is 0.248 e. The zero-order valence-electron chi connectivity index (χ0n) is 18.2. The highest BCUT2D eigenvalue weighted by Crippen LogP contribution is 2.38. The lowest BCUT2D eigenvalue weighted by Gasteiger charge is -2.21. The number of nitrogens with two attached hydrogens (primary N) is 2. The van der Waals surface area contributed by atoms with Crippen LogP contribution >= 0.6 is 0 Å². The normalized spacial score (nSPS) is 13.1.